The first kappa shape index (κ1) is 15.5. The summed E-state index contributed by atoms with van der Waals surface area (Å²) in [6, 6.07) is -0.466. The lowest BCUT2D eigenvalue weighted by atomic mass is 9.89. The first-order chi connectivity index (χ1) is 9.77. The molecule has 0 spiro atoms. The predicted molar refractivity (Wildman–Crippen MR) is 77.0 cm³/mol. The molecule has 2 heterocycles. The number of carbonyl (C=O) groups is 2. The zero-order valence-electron chi connectivity index (χ0n) is 13.3. The van der Waals surface area contributed by atoms with Crippen molar-refractivity contribution in [3.8, 4) is 0 Å². The van der Waals surface area contributed by atoms with Crippen molar-refractivity contribution >= 4 is 11.8 Å². The zero-order chi connectivity index (χ0) is 15.8. The van der Waals surface area contributed by atoms with Crippen molar-refractivity contribution in [3.05, 3.63) is 11.9 Å². The molecule has 0 aliphatic carbocycles. The van der Waals surface area contributed by atoms with Gasteiger partial charge in [-0.05, 0) is 19.8 Å². The Bertz CT molecular complexity index is 551. The van der Waals surface area contributed by atoms with Crippen molar-refractivity contribution in [2.24, 2.45) is 13.0 Å². The van der Waals surface area contributed by atoms with Crippen LogP contribution in [0.3, 0.4) is 0 Å². The van der Waals surface area contributed by atoms with Crippen LogP contribution in [0.25, 0.3) is 0 Å². The summed E-state index contributed by atoms with van der Waals surface area (Å²) in [5.74, 6) is -0.0854. The smallest absolute Gasteiger partial charge is 0.246 e. The molecule has 1 aliphatic heterocycles. The minimum atomic E-state index is -0.890. The van der Waals surface area contributed by atoms with Gasteiger partial charge in [0.2, 0.25) is 11.8 Å². The second kappa shape index (κ2) is 5.46. The van der Waals surface area contributed by atoms with Crippen LogP contribution in [0.5, 0.6) is 0 Å². The Morgan fingerprint density at radius 2 is 2.10 bits per heavy atom. The zero-order valence-corrected chi connectivity index (χ0v) is 13.3. The van der Waals surface area contributed by atoms with Crippen molar-refractivity contribution in [1.29, 1.82) is 0 Å². The van der Waals surface area contributed by atoms with E-state index in [1.807, 2.05) is 13.8 Å². The quantitative estimate of drug-likeness (QED) is 0.875. The monoisotopic (exact) mass is 293 g/mol. The number of amides is 2. The first-order valence-corrected chi connectivity index (χ1v) is 7.25. The van der Waals surface area contributed by atoms with Gasteiger partial charge in [-0.25, -0.2) is 0 Å². The molecule has 0 radical (unpaired) electrons. The number of hydrogen-bond donors (Lipinski definition) is 1. The van der Waals surface area contributed by atoms with Crippen LogP contribution in [-0.4, -0.2) is 43.3 Å². The number of aromatic nitrogens is 3. The maximum atomic E-state index is 12.8. The second-order valence-electron chi connectivity index (χ2n) is 6.20. The van der Waals surface area contributed by atoms with Crippen LogP contribution in [0.15, 0.2) is 6.20 Å². The molecule has 1 aromatic rings. The summed E-state index contributed by atoms with van der Waals surface area (Å²) in [5, 5.41) is 10.7. The first-order valence-electron chi connectivity index (χ1n) is 7.25. The lowest BCUT2D eigenvalue weighted by Gasteiger charge is -2.45. The molecule has 2 amide bonds. The van der Waals surface area contributed by atoms with Gasteiger partial charge in [0.25, 0.3) is 0 Å². The number of carbonyl (C=O) groups excluding carboxylic acids is 2. The van der Waals surface area contributed by atoms with Gasteiger partial charge < -0.3 is 10.2 Å². The topological polar surface area (TPSA) is 80.1 Å². The van der Waals surface area contributed by atoms with E-state index in [4.69, 9.17) is 0 Å². The molecular formula is C14H23N5O2. The highest BCUT2D eigenvalue weighted by atomic mass is 16.2. The van der Waals surface area contributed by atoms with Crippen molar-refractivity contribution in [2.75, 3.05) is 0 Å². The molecule has 1 aromatic heterocycles. The minimum Gasteiger partial charge on any atom is -0.342 e. The van der Waals surface area contributed by atoms with E-state index in [1.54, 1.807) is 36.7 Å². The number of aryl methyl sites for hydroxylation is 1. The molecule has 1 fully saturated rings. The highest BCUT2D eigenvalue weighted by Gasteiger charge is 2.47. The number of piperazine rings is 1. The van der Waals surface area contributed by atoms with E-state index in [0.29, 0.717) is 12.2 Å². The molecule has 1 saturated heterocycles. The van der Waals surface area contributed by atoms with Gasteiger partial charge in [0.05, 0.1) is 6.54 Å². The van der Waals surface area contributed by atoms with Crippen LogP contribution >= 0.6 is 0 Å². The van der Waals surface area contributed by atoms with Gasteiger partial charge in [-0.3, -0.25) is 14.3 Å². The average molecular weight is 293 g/mol. The fourth-order valence-electron chi connectivity index (χ4n) is 2.47. The van der Waals surface area contributed by atoms with E-state index in [-0.39, 0.29) is 17.7 Å². The summed E-state index contributed by atoms with van der Waals surface area (Å²) >= 11 is 0. The summed E-state index contributed by atoms with van der Waals surface area (Å²) in [4.78, 5) is 26.7. The highest BCUT2D eigenvalue weighted by molar-refractivity contribution is 5.99. The van der Waals surface area contributed by atoms with Gasteiger partial charge >= 0.3 is 0 Å². The van der Waals surface area contributed by atoms with Crippen LogP contribution < -0.4 is 5.32 Å². The Hall–Kier alpha value is -1.92. The van der Waals surface area contributed by atoms with Crippen molar-refractivity contribution in [1.82, 2.24) is 25.2 Å². The highest BCUT2D eigenvalue weighted by Crippen LogP contribution is 2.26. The average Bonchev–Trinajstić information content (AvgIpc) is 2.84. The molecule has 0 saturated carbocycles. The Balaban J connectivity index is 2.29. The standard InChI is InChI=1S/C14H23N5O2/c1-6-9(2)11-12(20)19(14(3,4)13(21)15-11)8-10-7-18(5)17-16-10/h7,9,11H,6,8H2,1-5H3,(H,15,21). The van der Waals surface area contributed by atoms with Crippen molar-refractivity contribution in [2.45, 2.75) is 52.2 Å². The molecule has 2 unspecified atom stereocenters. The predicted octanol–water partition coefficient (Wildman–Crippen LogP) is 0.467. The Labute approximate surface area is 124 Å². The summed E-state index contributed by atoms with van der Waals surface area (Å²) in [6.07, 6.45) is 2.59. The second-order valence-corrected chi connectivity index (χ2v) is 6.20. The SMILES string of the molecule is CCC(C)C1NC(=O)C(C)(C)N(Cc2cn(C)nn2)C1=O. The molecule has 116 valence electrons. The normalized spacial score (nSPS) is 23.1. The molecule has 7 heteroatoms. The van der Waals surface area contributed by atoms with E-state index in [2.05, 4.69) is 15.6 Å². The third-order valence-electron chi connectivity index (χ3n) is 4.23. The molecule has 1 aliphatic rings. The van der Waals surface area contributed by atoms with Gasteiger partial charge in [0.1, 0.15) is 17.3 Å². The third-order valence-corrected chi connectivity index (χ3v) is 4.23. The van der Waals surface area contributed by atoms with E-state index >= 15 is 0 Å². The largest absolute Gasteiger partial charge is 0.342 e. The van der Waals surface area contributed by atoms with Crippen molar-refractivity contribution in [3.63, 3.8) is 0 Å². The number of hydrogen-bond acceptors (Lipinski definition) is 4. The molecule has 7 nitrogen and oxygen atoms in total. The van der Waals surface area contributed by atoms with E-state index in [0.717, 1.165) is 6.42 Å². The van der Waals surface area contributed by atoms with Gasteiger partial charge in [-0.2, -0.15) is 0 Å². The third kappa shape index (κ3) is 2.77. The summed E-state index contributed by atoms with van der Waals surface area (Å²) < 4.78 is 1.59. The number of nitrogens with one attached hydrogen (secondary N) is 1. The molecule has 1 N–H and O–H groups in total. The molecule has 2 atom stereocenters. The van der Waals surface area contributed by atoms with Gasteiger partial charge in [0, 0.05) is 13.2 Å². The Kier molecular flexibility index (Phi) is 4.02. The fraction of sp³-hybridized carbons (Fsp3) is 0.714. The Morgan fingerprint density at radius 3 is 2.62 bits per heavy atom. The van der Waals surface area contributed by atoms with Gasteiger partial charge in [-0.15, -0.1) is 5.10 Å². The van der Waals surface area contributed by atoms with E-state index in [9.17, 15) is 9.59 Å². The molecule has 0 aromatic carbocycles. The molecular weight excluding hydrogens is 270 g/mol. The van der Waals surface area contributed by atoms with E-state index < -0.39 is 11.6 Å². The maximum absolute atomic E-state index is 12.8. The molecule has 0 bridgehead atoms. The maximum Gasteiger partial charge on any atom is 0.246 e. The van der Waals surface area contributed by atoms with Crippen molar-refractivity contribution < 1.29 is 9.59 Å². The Morgan fingerprint density at radius 1 is 1.43 bits per heavy atom. The van der Waals surface area contributed by atoms with E-state index in [1.165, 1.54) is 0 Å². The number of nitrogens with zero attached hydrogens (tertiary/aromatic N) is 4. The lowest BCUT2D eigenvalue weighted by molar-refractivity contribution is -0.157. The van der Waals surface area contributed by atoms with Crippen LogP contribution in [0.1, 0.15) is 39.8 Å². The fourth-order valence-corrected chi connectivity index (χ4v) is 2.47. The summed E-state index contributed by atoms with van der Waals surface area (Å²) in [7, 11) is 1.77. The summed E-state index contributed by atoms with van der Waals surface area (Å²) in [6.45, 7) is 7.78. The van der Waals surface area contributed by atoms with Crippen LogP contribution in [0.2, 0.25) is 0 Å². The van der Waals surface area contributed by atoms with Crippen LogP contribution in [0.4, 0.5) is 0 Å². The minimum absolute atomic E-state index is 0.0559. The molecule has 2 rings (SSSR count). The summed E-state index contributed by atoms with van der Waals surface area (Å²) in [5.41, 5.74) is -0.213. The van der Waals surface area contributed by atoms with Gasteiger partial charge in [0.15, 0.2) is 0 Å². The molecule has 21 heavy (non-hydrogen) atoms. The number of rotatable bonds is 4. The van der Waals surface area contributed by atoms with Crippen LogP contribution in [-0.2, 0) is 23.2 Å². The lowest BCUT2D eigenvalue weighted by Crippen LogP contribution is -2.69. The van der Waals surface area contributed by atoms with Gasteiger partial charge in [-0.1, -0.05) is 25.5 Å². The van der Waals surface area contributed by atoms with Crippen LogP contribution in [0, 0.1) is 5.92 Å².